The van der Waals surface area contributed by atoms with Crippen LogP contribution in [0.5, 0.6) is 0 Å². The van der Waals surface area contributed by atoms with Gasteiger partial charge in [-0.1, -0.05) is 27.7 Å². The Bertz CT molecular complexity index is 554. The molecule has 130 valence electrons. The zero-order valence-electron chi connectivity index (χ0n) is 15.1. The lowest BCUT2D eigenvalue weighted by Crippen LogP contribution is -2.22. The number of carbonyl (C=O) groups is 1. The van der Waals surface area contributed by atoms with Crippen LogP contribution in [0.2, 0.25) is 0 Å². The molecule has 0 unspecified atom stereocenters. The standard InChI is InChI=1S/C17H29N3O3/c1-7-8-20-11-13(18-12-20)14(17(2,3)4)15(16(21)22)23-10-9-19(5)6/h11-12H,7-10H2,1-6H3,(H,21,22)/b15-14-. The minimum absolute atomic E-state index is 0.0129. The Morgan fingerprint density at radius 1 is 1.39 bits per heavy atom. The highest BCUT2D eigenvalue weighted by Crippen LogP contribution is 2.36. The van der Waals surface area contributed by atoms with Crippen LogP contribution in [-0.4, -0.2) is 52.8 Å². The third kappa shape index (κ3) is 5.71. The van der Waals surface area contributed by atoms with E-state index in [9.17, 15) is 9.90 Å². The number of hydrogen-bond donors (Lipinski definition) is 1. The predicted molar refractivity (Wildman–Crippen MR) is 91.0 cm³/mol. The summed E-state index contributed by atoms with van der Waals surface area (Å²) < 4.78 is 7.59. The lowest BCUT2D eigenvalue weighted by Gasteiger charge is -2.24. The second-order valence-electron chi connectivity index (χ2n) is 6.91. The summed E-state index contributed by atoms with van der Waals surface area (Å²) in [5.74, 6) is -1.07. The van der Waals surface area contributed by atoms with E-state index in [0.29, 0.717) is 24.4 Å². The largest absolute Gasteiger partial charge is 0.485 e. The quantitative estimate of drug-likeness (QED) is 0.588. The van der Waals surface area contributed by atoms with Crippen molar-refractivity contribution in [1.29, 1.82) is 0 Å². The lowest BCUT2D eigenvalue weighted by molar-refractivity contribution is -0.136. The fourth-order valence-electron chi connectivity index (χ4n) is 2.28. The van der Waals surface area contributed by atoms with Crippen LogP contribution in [-0.2, 0) is 16.1 Å². The molecule has 0 aromatic carbocycles. The number of carboxylic acids is 1. The Morgan fingerprint density at radius 2 is 2.04 bits per heavy atom. The number of likely N-dealkylation sites (N-methyl/N-ethyl adjacent to an activating group) is 1. The highest BCUT2D eigenvalue weighted by Gasteiger charge is 2.29. The van der Waals surface area contributed by atoms with Gasteiger partial charge in [0.15, 0.2) is 0 Å². The Kier molecular flexibility index (Phi) is 6.81. The molecule has 0 radical (unpaired) electrons. The fraction of sp³-hybridized carbons (Fsp3) is 0.647. The molecular formula is C17H29N3O3. The molecule has 0 spiro atoms. The van der Waals surface area contributed by atoms with Crippen LogP contribution >= 0.6 is 0 Å². The first-order chi connectivity index (χ1) is 10.7. The number of nitrogens with zero attached hydrogens (tertiary/aromatic N) is 3. The van der Waals surface area contributed by atoms with Crippen LogP contribution in [0.15, 0.2) is 18.3 Å². The van der Waals surface area contributed by atoms with Gasteiger partial charge in [-0.25, -0.2) is 9.78 Å². The molecule has 1 aromatic heterocycles. The van der Waals surface area contributed by atoms with Gasteiger partial charge in [-0.05, 0) is 25.9 Å². The summed E-state index contributed by atoms with van der Waals surface area (Å²) in [6.45, 7) is 9.84. The SMILES string of the molecule is CCCn1cnc(/C(=C(/OCCN(C)C)C(=O)O)C(C)(C)C)c1. The van der Waals surface area contributed by atoms with Crippen molar-refractivity contribution in [3.63, 3.8) is 0 Å². The second-order valence-corrected chi connectivity index (χ2v) is 6.91. The van der Waals surface area contributed by atoms with E-state index >= 15 is 0 Å². The lowest BCUT2D eigenvalue weighted by atomic mass is 9.83. The molecule has 6 nitrogen and oxygen atoms in total. The molecule has 1 N–H and O–H groups in total. The van der Waals surface area contributed by atoms with E-state index in [0.717, 1.165) is 13.0 Å². The molecule has 0 aliphatic rings. The molecule has 23 heavy (non-hydrogen) atoms. The molecule has 1 aromatic rings. The molecule has 1 rings (SSSR count). The van der Waals surface area contributed by atoms with Gasteiger partial charge in [0.05, 0.1) is 12.0 Å². The third-order valence-corrected chi connectivity index (χ3v) is 3.33. The van der Waals surface area contributed by atoms with E-state index in [4.69, 9.17) is 4.74 Å². The van der Waals surface area contributed by atoms with Crippen molar-refractivity contribution in [3.8, 4) is 0 Å². The number of aromatic nitrogens is 2. The number of rotatable bonds is 8. The minimum atomic E-state index is -1.06. The van der Waals surface area contributed by atoms with Gasteiger partial charge in [-0.3, -0.25) is 0 Å². The minimum Gasteiger partial charge on any atom is -0.485 e. The number of carboxylic acid groups (broad SMARTS) is 1. The zero-order chi connectivity index (χ0) is 17.6. The van der Waals surface area contributed by atoms with E-state index < -0.39 is 11.4 Å². The van der Waals surface area contributed by atoms with Gasteiger partial charge in [-0.2, -0.15) is 0 Å². The van der Waals surface area contributed by atoms with Crippen LogP contribution in [0.3, 0.4) is 0 Å². The molecule has 0 aliphatic carbocycles. The van der Waals surface area contributed by atoms with Crippen molar-refractivity contribution in [2.75, 3.05) is 27.2 Å². The van der Waals surface area contributed by atoms with Crippen LogP contribution < -0.4 is 0 Å². The number of ether oxygens (including phenoxy) is 1. The molecule has 0 aliphatic heterocycles. The van der Waals surface area contributed by atoms with Crippen LogP contribution in [0.25, 0.3) is 5.57 Å². The maximum absolute atomic E-state index is 11.7. The summed E-state index contributed by atoms with van der Waals surface area (Å²) in [4.78, 5) is 18.1. The van der Waals surface area contributed by atoms with Gasteiger partial charge >= 0.3 is 5.97 Å². The normalized spacial score (nSPS) is 13.2. The molecule has 0 atom stereocenters. The summed E-state index contributed by atoms with van der Waals surface area (Å²) >= 11 is 0. The Labute approximate surface area is 138 Å². The van der Waals surface area contributed by atoms with Crippen molar-refractivity contribution >= 4 is 11.5 Å². The van der Waals surface area contributed by atoms with E-state index in [-0.39, 0.29) is 5.76 Å². The van der Waals surface area contributed by atoms with Gasteiger partial charge in [0.25, 0.3) is 0 Å². The highest BCUT2D eigenvalue weighted by molar-refractivity contribution is 5.94. The first kappa shape index (κ1) is 19.2. The molecule has 0 bridgehead atoms. The van der Waals surface area contributed by atoms with Crippen molar-refractivity contribution in [2.45, 2.75) is 40.7 Å². The summed E-state index contributed by atoms with van der Waals surface area (Å²) in [6, 6.07) is 0. The summed E-state index contributed by atoms with van der Waals surface area (Å²) in [6.07, 6.45) is 4.63. The van der Waals surface area contributed by atoms with Crippen molar-refractivity contribution in [1.82, 2.24) is 14.5 Å². The number of aliphatic carboxylic acids is 1. The van der Waals surface area contributed by atoms with Gasteiger partial charge in [0.1, 0.15) is 6.61 Å². The average molecular weight is 323 g/mol. The Morgan fingerprint density at radius 3 is 2.52 bits per heavy atom. The molecule has 0 saturated carbocycles. The number of aryl methyl sites for hydroxylation is 1. The summed E-state index contributed by atoms with van der Waals surface area (Å²) in [7, 11) is 3.84. The van der Waals surface area contributed by atoms with E-state index in [1.54, 1.807) is 6.33 Å². The van der Waals surface area contributed by atoms with Crippen molar-refractivity contribution in [2.24, 2.45) is 5.41 Å². The Hall–Kier alpha value is -1.82. The smallest absolute Gasteiger partial charge is 0.371 e. The van der Waals surface area contributed by atoms with E-state index in [1.165, 1.54) is 0 Å². The van der Waals surface area contributed by atoms with E-state index in [1.807, 2.05) is 50.5 Å². The van der Waals surface area contributed by atoms with Crippen molar-refractivity contribution < 1.29 is 14.6 Å². The zero-order valence-corrected chi connectivity index (χ0v) is 15.1. The Balaban J connectivity index is 3.24. The molecule has 0 saturated heterocycles. The van der Waals surface area contributed by atoms with Crippen LogP contribution in [0, 0.1) is 5.41 Å². The van der Waals surface area contributed by atoms with Gasteiger partial charge < -0.3 is 19.3 Å². The second kappa shape index (κ2) is 8.15. The fourth-order valence-corrected chi connectivity index (χ4v) is 2.28. The average Bonchev–Trinajstić information content (AvgIpc) is 2.84. The monoisotopic (exact) mass is 323 g/mol. The van der Waals surface area contributed by atoms with Crippen LogP contribution in [0.4, 0.5) is 0 Å². The topological polar surface area (TPSA) is 67.6 Å². The molecule has 6 heteroatoms. The predicted octanol–water partition coefficient (Wildman–Crippen LogP) is 2.71. The number of hydrogen-bond acceptors (Lipinski definition) is 4. The summed E-state index contributed by atoms with van der Waals surface area (Å²) in [5, 5.41) is 9.61. The molecule has 1 heterocycles. The van der Waals surface area contributed by atoms with Crippen LogP contribution in [0.1, 0.15) is 39.8 Å². The molecule has 0 amide bonds. The maximum atomic E-state index is 11.7. The van der Waals surface area contributed by atoms with Crippen molar-refractivity contribution in [3.05, 3.63) is 24.0 Å². The first-order valence-electron chi connectivity index (χ1n) is 7.94. The molecular weight excluding hydrogens is 294 g/mol. The maximum Gasteiger partial charge on any atom is 0.371 e. The highest BCUT2D eigenvalue weighted by atomic mass is 16.5. The van der Waals surface area contributed by atoms with Gasteiger partial charge in [-0.15, -0.1) is 0 Å². The first-order valence-corrected chi connectivity index (χ1v) is 7.94. The molecule has 0 fully saturated rings. The summed E-state index contributed by atoms with van der Waals surface area (Å²) in [5.41, 5.74) is 0.892. The number of imidazole rings is 1. The number of allylic oxidation sites excluding steroid dienone is 1. The van der Waals surface area contributed by atoms with E-state index in [2.05, 4.69) is 11.9 Å². The van der Waals surface area contributed by atoms with Gasteiger partial charge in [0, 0.05) is 24.9 Å². The van der Waals surface area contributed by atoms with Gasteiger partial charge in [0.2, 0.25) is 5.76 Å². The third-order valence-electron chi connectivity index (χ3n) is 3.33.